The number of alkyl halides is 3. The highest BCUT2D eigenvalue weighted by Gasteiger charge is 2.36. The summed E-state index contributed by atoms with van der Waals surface area (Å²) in [5, 5.41) is 6.68. The number of nitrogens with zero attached hydrogens (tertiary/aromatic N) is 3. The molecule has 1 saturated heterocycles. The molecule has 0 unspecified atom stereocenters. The summed E-state index contributed by atoms with van der Waals surface area (Å²) in [6, 6.07) is 4.23. The average molecular weight is 476 g/mol. The van der Waals surface area contributed by atoms with E-state index in [2.05, 4.69) is 20.2 Å². The molecule has 0 radical (unpaired) electrons. The van der Waals surface area contributed by atoms with Crippen LogP contribution in [0.25, 0.3) is 0 Å². The van der Waals surface area contributed by atoms with E-state index in [1.165, 1.54) is 12.1 Å². The maximum atomic E-state index is 12.9. The summed E-state index contributed by atoms with van der Waals surface area (Å²) in [4.78, 5) is 16.5. The predicted octanol–water partition coefficient (Wildman–Crippen LogP) is 2.73. The SMILES string of the molecule is Cc1nc(C(C)(C)NC(=O)C2CCN(S(=O)(=O)c3cccc(OC(F)(F)F)c3)CC2)no1. The number of amides is 1. The number of aryl methyl sites for hydroxylation is 1. The Bertz CT molecular complexity index is 1080. The van der Waals surface area contributed by atoms with Gasteiger partial charge in [-0.3, -0.25) is 4.79 Å². The first-order chi connectivity index (χ1) is 14.8. The second kappa shape index (κ2) is 8.70. The number of hydrogen-bond donors (Lipinski definition) is 1. The summed E-state index contributed by atoms with van der Waals surface area (Å²) in [6.07, 6.45) is -4.42. The Labute approximate surface area is 183 Å². The van der Waals surface area contributed by atoms with Gasteiger partial charge in [-0.25, -0.2) is 8.42 Å². The van der Waals surface area contributed by atoms with Gasteiger partial charge >= 0.3 is 6.36 Å². The molecule has 1 fully saturated rings. The van der Waals surface area contributed by atoms with E-state index in [-0.39, 0.29) is 36.7 Å². The van der Waals surface area contributed by atoms with Gasteiger partial charge in [-0.1, -0.05) is 11.2 Å². The predicted molar refractivity (Wildman–Crippen MR) is 105 cm³/mol. The molecule has 0 atom stereocenters. The number of halogens is 3. The Morgan fingerprint density at radius 3 is 2.47 bits per heavy atom. The normalized spacial score (nSPS) is 16.7. The highest BCUT2D eigenvalue weighted by molar-refractivity contribution is 7.89. The number of nitrogens with one attached hydrogen (secondary N) is 1. The molecule has 0 saturated carbocycles. The van der Waals surface area contributed by atoms with Crippen LogP contribution < -0.4 is 10.1 Å². The van der Waals surface area contributed by atoms with Gasteiger partial charge in [0, 0.05) is 32.0 Å². The molecule has 176 valence electrons. The van der Waals surface area contributed by atoms with Crippen molar-refractivity contribution in [2.75, 3.05) is 13.1 Å². The number of aromatic nitrogens is 2. The smallest absolute Gasteiger partial charge is 0.406 e. The molecule has 13 heteroatoms. The number of sulfonamides is 1. The first kappa shape index (κ1) is 24.0. The monoisotopic (exact) mass is 476 g/mol. The van der Waals surface area contributed by atoms with E-state index < -0.39 is 33.6 Å². The van der Waals surface area contributed by atoms with Gasteiger partial charge in [-0.05, 0) is 38.8 Å². The molecular formula is C19H23F3N4O5S. The molecule has 9 nitrogen and oxygen atoms in total. The van der Waals surface area contributed by atoms with Crippen LogP contribution in [-0.2, 0) is 20.4 Å². The van der Waals surface area contributed by atoms with Gasteiger partial charge in [0.1, 0.15) is 5.75 Å². The minimum absolute atomic E-state index is 0.0481. The molecule has 1 aromatic carbocycles. The van der Waals surface area contributed by atoms with Crippen molar-refractivity contribution in [1.82, 2.24) is 19.8 Å². The Balaban J connectivity index is 1.63. The van der Waals surface area contributed by atoms with Crippen LogP contribution in [0.15, 0.2) is 33.7 Å². The maximum Gasteiger partial charge on any atom is 0.573 e. The van der Waals surface area contributed by atoms with Gasteiger partial charge < -0.3 is 14.6 Å². The Morgan fingerprint density at radius 1 is 1.25 bits per heavy atom. The fourth-order valence-corrected chi connectivity index (χ4v) is 4.86. The molecule has 2 aromatic rings. The van der Waals surface area contributed by atoms with Gasteiger partial charge in [0.2, 0.25) is 21.8 Å². The van der Waals surface area contributed by atoms with Crippen LogP contribution in [0.4, 0.5) is 13.2 Å². The summed E-state index contributed by atoms with van der Waals surface area (Å²) >= 11 is 0. The van der Waals surface area contributed by atoms with E-state index in [0.717, 1.165) is 16.4 Å². The molecule has 1 N–H and O–H groups in total. The van der Waals surface area contributed by atoms with Crippen LogP contribution in [-0.4, -0.2) is 48.2 Å². The van der Waals surface area contributed by atoms with Crippen LogP contribution in [0.3, 0.4) is 0 Å². The number of rotatable bonds is 6. The number of ether oxygens (including phenoxy) is 1. The third kappa shape index (κ3) is 5.57. The molecule has 1 aliphatic heterocycles. The second-order valence-electron chi connectivity index (χ2n) is 7.95. The maximum absolute atomic E-state index is 12.9. The molecule has 0 bridgehead atoms. The van der Waals surface area contributed by atoms with Crippen molar-refractivity contribution in [3.63, 3.8) is 0 Å². The Hall–Kier alpha value is -2.67. The first-order valence-corrected chi connectivity index (χ1v) is 11.2. The quantitative estimate of drug-likeness (QED) is 0.682. The van der Waals surface area contributed by atoms with Crippen molar-refractivity contribution in [3.05, 3.63) is 36.0 Å². The number of hydrogen-bond acceptors (Lipinski definition) is 7. The van der Waals surface area contributed by atoms with Crippen LogP contribution >= 0.6 is 0 Å². The van der Waals surface area contributed by atoms with Crippen molar-refractivity contribution >= 4 is 15.9 Å². The minimum Gasteiger partial charge on any atom is -0.406 e. The number of piperidine rings is 1. The summed E-state index contributed by atoms with van der Waals surface area (Å²) in [5.41, 5.74) is -0.878. The van der Waals surface area contributed by atoms with Crippen molar-refractivity contribution in [3.8, 4) is 5.75 Å². The molecule has 32 heavy (non-hydrogen) atoms. The lowest BCUT2D eigenvalue weighted by molar-refractivity contribution is -0.274. The fraction of sp³-hybridized carbons (Fsp3) is 0.526. The van der Waals surface area contributed by atoms with Crippen molar-refractivity contribution in [2.45, 2.75) is 50.4 Å². The summed E-state index contributed by atoms with van der Waals surface area (Å²) < 4.78 is 72.9. The van der Waals surface area contributed by atoms with Crippen molar-refractivity contribution in [2.24, 2.45) is 5.92 Å². The molecule has 0 aliphatic carbocycles. The zero-order valence-electron chi connectivity index (χ0n) is 17.6. The molecule has 3 rings (SSSR count). The van der Waals surface area contributed by atoms with E-state index in [4.69, 9.17) is 4.52 Å². The van der Waals surface area contributed by atoms with Crippen LogP contribution in [0.1, 0.15) is 38.4 Å². The van der Waals surface area contributed by atoms with E-state index in [1.54, 1.807) is 20.8 Å². The lowest BCUT2D eigenvalue weighted by Crippen LogP contribution is -2.48. The highest BCUT2D eigenvalue weighted by atomic mass is 32.2. The topological polar surface area (TPSA) is 115 Å². The number of benzene rings is 1. The van der Waals surface area contributed by atoms with Crippen LogP contribution in [0.2, 0.25) is 0 Å². The van der Waals surface area contributed by atoms with E-state index in [0.29, 0.717) is 11.7 Å². The molecule has 1 aliphatic rings. The average Bonchev–Trinajstić information content (AvgIpc) is 3.14. The molecule has 0 spiro atoms. The van der Waals surface area contributed by atoms with Crippen LogP contribution in [0, 0.1) is 12.8 Å². The highest BCUT2D eigenvalue weighted by Crippen LogP contribution is 2.29. The Morgan fingerprint density at radius 2 is 1.91 bits per heavy atom. The van der Waals surface area contributed by atoms with E-state index in [1.807, 2.05) is 0 Å². The van der Waals surface area contributed by atoms with Gasteiger partial charge in [-0.15, -0.1) is 13.2 Å². The summed E-state index contributed by atoms with van der Waals surface area (Å²) in [5.74, 6) is -0.634. The second-order valence-corrected chi connectivity index (χ2v) is 9.89. The van der Waals surface area contributed by atoms with Gasteiger partial charge in [0.15, 0.2) is 5.82 Å². The van der Waals surface area contributed by atoms with Gasteiger partial charge in [0.25, 0.3) is 0 Å². The summed E-state index contributed by atoms with van der Waals surface area (Å²) in [7, 11) is -4.04. The number of carbonyl (C=O) groups excluding carboxylic acids is 1. The summed E-state index contributed by atoms with van der Waals surface area (Å²) in [6.45, 7) is 5.18. The van der Waals surface area contributed by atoms with Crippen LogP contribution in [0.5, 0.6) is 5.75 Å². The van der Waals surface area contributed by atoms with Crippen molar-refractivity contribution < 1.29 is 35.6 Å². The van der Waals surface area contributed by atoms with Crippen molar-refractivity contribution in [1.29, 1.82) is 0 Å². The third-order valence-electron chi connectivity index (χ3n) is 5.02. The standard InChI is InChI=1S/C19H23F3N4O5S/c1-12-23-17(25-31-12)18(2,3)24-16(27)13-7-9-26(10-8-13)32(28,29)15-6-4-5-14(11-15)30-19(20,21)22/h4-6,11,13H,7-10H2,1-3H3,(H,24,27). The van der Waals surface area contributed by atoms with Gasteiger partial charge in [-0.2, -0.15) is 9.29 Å². The van der Waals surface area contributed by atoms with E-state index >= 15 is 0 Å². The molecule has 2 heterocycles. The minimum atomic E-state index is -4.93. The Kier molecular flexibility index (Phi) is 6.52. The first-order valence-electron chi connectivity index (χ1n) is 9.77. The third-order valence-corrected chi connectivity index (χ3v) is 6.92. The molecule has 1 aromatic heterocycles. The molecular weight excluding hydrogens is 453 g/mol. The fourth-order valence-electron chi connectivity index (χ4n) is 3.36. The van der Waals surface area contributed by atoms with Gasteiger partial charge in [0.05, 0.1) is 10.4 Å². The lowest BCUT2D eigenvalue weighted by atomic mass is 9.95. The van der Waals surface area contributed by atoms with E-state index in [9.17, 15) is 26.4 Å². The molecule has 1 amide bonds. The largest absolute Gasteiger partial charge is 0.573 e. The zero-order valence-corrected chi connectivity index (χ0v) is 18.5. The lowest BCUT2D eigenvalue weighted by Gasteiger charge is -2.32. The zero-order chi connectivity index (χ0) is 23.7. The number of carbonyl (C=O) groups is 1.